The van der Waals surface area contributed by atoms with Crippen LogP contribution in [0.5, 0.6) is 0 Å². The van der Waals surface area contributed by atoms with Gasteiger partial charge in [-0.05, 0) is 32.6 Å². The molecule has 32 heavy (non-hydrogen) atoms. The van der Waals surface area contributed by atoms with Crippen LogP contribution in [0.15, 0.2) is 4.99 Å². The maximum absolute atomic E-state index is 13.7. The molecule has 0 aromatic heterocycles. The summed E-state index contributed by atoms with van der Waals surface area (Å²) in [6, 6.07) is -0.839. The fraction of sp³-hybridized carbons (Fsp3) is 0.875. The Morgan fingerprint density at radius 1 is 0.969 bits per heavy atom. The van der Waals surface area contributed by atoms with E-state index in [0.29, 0.717) is 0 Å². The maximum Gasteiger partial charge on any atom is 0.309 e. The summed E-state index contributed by atoms with van der Waals surface area (Å²) in [5.41, 5.74) is -0.574. The lowest BCUT2D eigenvalue weighted by atomic mass is 9.90. The number of nitrogens with zero attached hydrogens (tertiary/aromatic N) is 4. The van der Waals surface area contributed by atoms with Crippen molar-refractivity contribution in [2.75, 3.05) is 42.3 Å². The summed E-state index contributed by atoms with van der Waals surface area (Å²) in [6.07, 6.45) is 0.441. The predicted molar refractivity (Wildman–Crippen MR) is 131 cm³/mol. The number of likely N-dealkylation sites (N-methyl/N-ethyl adjacent to an activating group) is 1. The van der Waals surface area contributed by atoms with Gasteiger partial charge in [0.25, 0.3) is 0 Å². The summed E-state index contributed by atoms with van der Waals surface area (Å²) < 4.78 is 11.3. The van der Waals surface area contributed by atoms with Crippen LogP contribution in [0.1, 0.15) is 61.3 Å². The third-order valence-corrected chi connectivity index (χ3v) is 5.43. The number of hydrogen-bond acceptors (Lipinski definition) is 5. The highest BCUT2D eigenvalue weighted by Gasteiger charge is 2.38. The first-order chi connectivity index (χ1) is 14.6. The minimum atomic E-state index is -0.574. The van der Waals surface area contributed by atoms with Gasteiger partial charge in [0.15, 0.2) is 5.96 Å². The molecule has 0 aromatic rings. The summed E-state index contributed by atoms with van der Waals surface area (Å²) in [5, 5.41) is 0. The first-order valence-corrected chi connectivity index (χ1v) is 11.5. The average Bonchev–Trinajstić information content (AvgIpc) is 2.64. The zero-order chi connectivity index (χ0) is 25.4. The topological polar surface area (TPSA) is 74.7 Å². The maximum atomic E-state index is 13.7. The highest BCUT2D eigenvalue weighted by Crippen LogP contribution is 2.25. The van der Waals surface area contributed by atoms with Crippen molar-refractivity contribution >= 4 is 17.8 Å². The molecule has 1 amide bonds. The Bertz CT molecular complexity index is 616. The summed E-state index contributed by atoms with van der Waals surface area (Å²) in [4.78, 5) is 36.5. The summed E-state index contributed by atoms with van der Waals surface area (Å²) in [5.74, 6) is 0.430. The second-order valence-electron chi connectivity index (χ2n) is 10.3. The Labute approximate surface area is 196 Å². The minimum Gasteiger partial charge on any atom is -0.460 e. The molecule has 0 N–H and O–H groups in total. The van der Waals surface area contributed by atoms with E-state index >= 15 is 0 Å². The van der Waals surface area contributed by atoms with E-state index in [0.717, 1.165) is 12.4 Å². The Morgan fingerprint density at radius 3 is 1.81 bits per heavy atom. The van der Waals surface area contributed by atoms with Crippen LogP contribution in [-0.2, 0) is 19.1 Å². The number of guanidine groups is 1. The number of rotatable bonds is 10. The second-order valence-corrected chi connectivity index (χ2v) is 10.3. The lowest BCUT2D eigenvalue weighted by Gasteiger charge is -2.39. The number of carbonyl (C=O) groups is 2. The molecule has 0 radical (unpaired) electrons. The summed E-state index contributed by atoms with van der Waals surface area (Å²) in [7, 11) is 11.0. The van der Waals surface area contributed by atoms with Gasteiger partial charge in [0.1, 0.15) is 11.6 Å². The summed E-state index contributed by atoms with van der Waals surface area (Å²) in [6.45, 7) is 13.7. The van der Waals surface area contributed by atoms with E-state index in [4.69, 9.17) is 14.5 Å². The molecule has 188 valence electrons. The van der Waals surface area contributed by atoms with Crippen LogP contribution in [0, 0.1) is 11.8 Å². The monoisotopic (exact) mass is 456 g/mol. The number of aliphatic imine (C=N–C) groups is 1. The Hall–Kier alpha value is -1.83. The third kappa shape index (κ3) is 9.35. The SMILES string of the molecule is CCC(C)C(C(CC(=O)OC(C)(C)C)OC)N(C)C(=O)[C@@H](N=C(N(C)C)N(C)C)C(C)C. The molecule has 0 aliphatic heterocycles. The first-order valence-electron chi connectivity index (χ1n) is 11.5. The number of amides is 1. The van der Waals surface area contributed by atoms with Crippen molar-refractivity contribution in [1.82, 2.24) is 14.7 Å². The van der Waals surface area contributed by atoms with Crippen molar-refractivity contribution in [1.29, 1.82) is 0 Å². The Kier molecular flexibility index (Phi) is 12.3. The molecule has 0 rings (SSSR count). The second kappa shape index (κ2) is 13.0. The highest BCUT2D eigenvalue weighted by atomic mass is 16.6. The van der Waals surface area contributed by atoms with Crippen LogP contribution in [0.2, 0.25) is 0 Å². The van der Waals surface area contributed by atoms with Gasteiger partial charge in [-0.1, -0.05) is 34.1 Å². The Balaban J connectivity index is 6.03. The van der Waals surface area contributed by atoms with Crippen LogP contribution >= 0.6 is 0 Å². The normalized spacial score (nSPS) is 15.4. The molecule has 0 bridgehead atoms. The van der Waals surface area contributed by atoms with Crippen LogP contribution in [0.4, 0.5) is 0 Å². The van der Waals surface area contributed by atoms with Gasteiger partial charge >= 0.3 is 5.97 Å². The van der Waals surface area contributed by atoms with Gasteiger partial charge in [-0.15, -0.1) is 0 Å². The van der Waals surface area contributed by atoms with Crippen molar-refractivity contribution in [2.45, 2.75) is 85.1 Å². The zero-order valence-corrected chi connectivity index (χ0v) is 22.7. The zero-order valence-electron chi connectivity index (χ0n) is 22.7. The molecule has 0 aliphatic rings. The van der Waals surface area contributed by atoms with Crippen LogP contribution in [0.3, 0.4) is 0 Å². The van der Waals surface area contributed by atoms with Crippen molar-refractivity contribution in [2.24, 2.45) is 16.8 Å². The van der Waals surface area contributed by atoms with Gasteiger partial charge in [-0.2, -0.15) is 0 Å². The fourth-order valence-electron chi connectivity index (χ4n) is 3.73. The Morgan fingerprint density at radius 2 is 1.47 bits per heavy atom. The van der Waals surface area contributed by atoms with Gasteiger partial charge in [-0.3, -0.25) is 9.59 Å². The largest absolute Gasteiger partial charge is 0.460 e. The minimum absolute atomic E-state index is 0.00397. The molecule has 8 nitrogen and oxygen atoms in total. The molecule has 3 unspecified atom stereocenters. The van der Waals surface area contributed by atoms with Crippen molar-refractivity contribution in [3.8, 4) is 0 Å². The van der Waals surface area contributed by atoms with Gasteiger partial charge in [0.05, 0.1) is 18.6 Å². The number of esters is 1. The van der Waals surface area contributed by atoms with Crippen LogP contribution in [-0.4, -0.2) is 98.7 Å². The van der Waals surface area contributed by atoms with Crippen molar-refractivity contribution in [3.05, 3.63) is 0 Å². The number of methoxy groups -OCH3 is 1. The smallest absolute Gasteiger partial charge is 0.309 e. The molecular weight excluding hydrogens is 408 g/mol. The molecule has 0 fully saturated rings. The van der Waals surface area contributed by atoms with E-state index in [1.54, 1.807) is 19.1 Å². The van der Waals surface area contributed by atoms with Gasteiger partial charge in [0, 0.05) is 42.3 Å². The van der Waals surface area contributed by atoms with Gasteiger partial charge < -0.3 is 24.2 Å². The molecule has 0 aliphatic carbocycles. The van der Waals surface area contributed by atoms with E-state index in [9.17, 15) is 9.59 Å². The van der Waals surface area contributed by atoms with Crippen molar-refractivity contribution < 1.29 is 19.1 Å². The van der Waals surface area contributed by atoms with Crippen LogP contribution in [0.25, 0.3) is 0 Å². The standard InChI is InChI=1S/C24H48N4O4/c1-14-17(4)21(18(31-13)15-19(29)32-24(5,6)7)28(12)22(30)20(16(2)3)25-23(26(8)9)27(10)11/h16-18,20-21H,14-15H2,1-13H3/t17?,18?,20-,21?/m0/s1. The van der Waals surface area contributed by atoms with E-state index in [1.807, 2.05) is 72.6 Å². The average molecular weight is 457 g/mol. The molecule has 0 saturated heterocycles. The summed E-state index contributed by atoms with van der Waals surface area (Å²) >= 11 is 0. The lowest BCUT2D eigenvalue weighted by molar-refractivity contribution is -0.160. The number of ether oxygens (including phenoxy) is 2. The first kappa shape index (κ1) is 30.2. The van der Waals surface area contributed by atoms with E-state index < -0.39 is 17.7 Å². The molecule has 4 atom stereocenters. The molecule has 0 heterocycles. The fourth-order valence-corrected chi connectivity index (χ4v) is 3.73. The van der Waals surface area contributed by atoms with Crippen LogP contribution < -0.4 is 0 Å². The third-order valence-electron chi connectivity index (χ3n) is 5.43. The van der Waals surface area contributed by atoms with E-state index in [-0.39, 0.29) is 36.2 Å². The highest BCUT2D eigenvalue weighted by molar-refractivity contribution is 5.87. The van der Waals surface area contributed by atoms with E-state index in [1.165, 1.54) is 0 Å². The molecule has 0 aromatic carbocycles. The van der Waals surface area contributed by atoms with Gasteiger partial charge in [-0.25, -0.2) is 4.99 Å². The lowest BCUT2D eigenvalue weighted by Crippen LogP contribution is -2.53. The molecule has 0 saturated carbocycles. The van der Waals surface area contributed by atoms with Crippen molar-refractivity contribution in [3.63, 3.8) is 0 Å². The molecule has 8 heteroatoms. The molecule has 0 spiro atoms. The predicted octanol–water partition coefficient (Wildman–Crippen LogP) is 3.11. The number of hydrogen-bond donors (Lipinski definition) is 0. The van der Waals surface area contributed by atoms with E-state index in [2.05, 4.69) is 13.8 Å². The quantitative estimate of drug-likeness (QED) is 0.286. The molecular formula is C24H48N4O4. The van der Waals surface area contributed by atoms with Gasteiger partial charge in [0.2, 0.25) is 5.91 Å². The number of carbonyl (C=O) groups excluding carboxylic acids is 2.